The molecule has 33 heavy (non-hydrogen) atoms. The number of fused-ring (bicyclic) bond motifs is 2. The van der Waals surface area contributed by atoms with Crippen molar-refractivity contribution in [2.75, 3.05) is 13.7 Å². The number of carbonyl (C=O) groups is 2. The number of pyridine rings is 1. The lowest BCUT2D eigenvalue weighted by Crippen LogP contribution is -2.43. The number of para-hydroxylation sites is 2. The molecule has 168 valence electrons. The third-order valence-electron chi connectivity index (χ3n) is 5.22. The molecular formula is C25H23N3O5. The SMILES string of the molecule is CCOc1ccc(C(=O)NNC(=O)Cn2c3ccccc3c(=O)c3ccccc32)cc1OC. The van der Waals surface area contributed by atoms with Crippen molar-refractivity contribution in [3.05, 3.63) is 82.5 Å². The van der Waals surface area contributed by atoms with Crippen LogP contribution in [-0.4, -0.2) is 30.1 Å². The van der Waals surface area contributed by atoms with Crippen LogP contribution in [-0.2, 0) is 11.3 Å². The summed E-state index contributed by atoms with van der Waals surface area (Å²) in [4.78, 5) is 38.1. The number of nitrogens with zero attached hydrogens (tertiary/aromatic N) is 1. The zero-order chi connectivity index (χ0) is 23.4. The summed E-state index contributed by atoms with van der Waals surface area (Å²) >= 11 is 0. The van der Waals surface area contributed by atoms with Crippen LogP contribution in [0.2, 0.25) is 0 Å². The third kappa shape index (κ3) is 4.36. The molecule has 3 aromatic carbocycles. The van der Waals surface area contributed by atoms with Crippen molar-refractivity contribution in [1.29, 1.82) is 0 Å². The van der Waals surface area contributed by atoms with Crippen LogP contribution in [0.3, 0.4) is 0 Å². The predicted molar refractivity (Wildman–Crippen MR) is 125 cm³/mol. The van der Waals surface area contributed by atoms with Crippen LogP contribution < -0.4 is 25.8 Å². The van der Waals surface area contributed by atoms with Crippen LogP contribution in [0, 0.1) is 0 Å². The van der Waals surface area contributed by atoms with E-state index in [-0.39, 0.29) is 12.0 Å². The average molecular weight is 445 g/mol. The van der Waals surface area contributed by atoms with Gasteiger partial charge in [-0.1, -0.05) is 24.3 Å². The highest BCUT2D eigenvalue weighted by Crippen LogP contribution is 2.28. The summed E-state index contributed by atoms with van der Waals surface area (Å²) in [6.07, 6.45) is 0. The lowest BCUT2D eigenvalue weighted by molar-refractivity contribution is -0.122. The molecule has 2 amide bonds. The molecule has 0 spiro atoms. The minimum atomic E-state index is -0.501. The molecule has 0 saturated heterocycles. The molecule has 2 N–H and O–H groups in total. The van der Waals surface area contributed by atoms with Crippen LogP contribution >= 0.6 is 0 Å². The zero-order valence-corrected chi connectivity index (χ0v) is 18.3. The predicted octanol–water partition coefficient (Wildman–Crippen LogP) is 3.02. The summed E-state index contributed by atoms with van der Waals surface area (Å²) in [5.74, 6) is -0.000821. The molecule has 8 nitrogen and oxygen atoms in total. The molecule has 1 heterocycles. The Kier molecular flexibility index (Phi) is 6.26. The van der Waals surface area contributed by atoms with Crippen molar-refractivity contribution in [1.82, 2.24) is 15.4 Å². The fraction of sp³-hybridized carbons (Fsp3) is 0.160. The van der Waals surface area contributed by atoms with Gasteiger partial charge in [0.15, 0.2) is 16.9 Å². The number of aromatic nitrogens is 1. The van der Waals surface area contributed by atoms with Crippen LogP contribution in [0.1, 0.15) is 17.3 Å². The maximum Gasteiger partial charge on any atom is 0.269 e. The van der Waals surface area contributed by atoms with Crippen molar-refractivity contribution >= 4 is 33.6 Å². The molecule has 1 aromatic heterocycles. The summed E-state index contributed by atoms with van der Waals surface area (Å²) in [7, 11) is 1.49. The van der Waals surface area contributed by atoms with Gasteiger partial charge in [0.05, 0.1) is 24.8 Å². The zero-order valence-electron chi connectivity index (χ0n) is 18.3. The molecular weight excluding hydrogens is 422 g/mol. The first kappa shape index (κ1) is 21.9. The molecule has 0 atom stereocenters. The van der Waals surface area contributed by atoms with E-state index in [2.05, 4.69) is 10.9 Å². The van der Waals surface area contributed by atoms with E-state index in [1.54, 1.807) is 53.1 Å². The van der Waals surface area contributed by atoms with Crippen molar-refractivity contribution in [3.8, 4) is 11.5 Å². The minimum absolute atomic E-state index is 0.0874. The van der Waals surface area contributed by atoms with E-state index >= 15 is 0 Å². The largest absolute Gasteiger partial charge is 0.493 e. The number of methoxy groups -OCH3 is 1. The van der Waals surface area contributed by atoms with Crippen molar-refractivity contribution in [2.45, 2.75) is 13.5 Å². The molecule has 0 bridgehead atoms. The fourth-order valence-corrected chi connectivity index (χ4v) is 3.71. The number of ether oxygens (including phenoxy) is 2. The fourth-order valence-electron chi connectivity index (χ4n) is 3.71. The van der Waals surface area contributed by atoms with Crippen LogP contribution in [0.4, 0.5) is 0 Å². The lowest BCUT2D eigenvalue weighted by Gasteiger charge is -2.15. The van der Waals surface area contributed by atoms with Gasteiger partial charge in [-0.05, 0) is 49.4 Å². The van der Waals surface area contributed by atoms with Crippen LogP contribution in [0.15, 0.2) is 71.5 Å². The van der Waals surface area contributed by atoms with E-state index in [9.17, 15) is 14.4 Å². The molecule has 0 fully saturated rings. The second kappa shape index (κ2) is 9.44. The maximum absolute atomic E-state index is 12.8. The highest BCUT2D eigenvalue weighted by Gasteiger charge is 2.15. The van der Waals surface area contributed by atoms with Gasteiger partial charge in [-0.3, -0.25) is 25.2 Å². The quantitative estimate of drug-likeness (QED) is 0.351. The van der Waals surface area contributed by atoms with E-state index in [1.165, 1.54) is 13.2 Å². The number of rotatable bonds is 6. The van der Waals surface area contributed by atoms with Crippen molar-refractivity contribution in [3.63, 3.8) is 0 Å². The highest BCUT2D eigenvalue weighted by molar-refractivity contribution is 5.97. The molecule has 0 aliphatic rings. The van der Waals surface area contributed by atoms with E-state index in [4.69, 9.17) is 9.47 Å². The van der Waals surface area contributed by atoms with Crippen LogP contribution in [0.5, 0.6) is 11.5 Å². The summed E-state index contributed by atoms with van der Waals surface area (Å²) in [5.41, 5.74) is 6.35. The Bertz CT molecular complexity index is 1350. The molecule has 0 unspecified atom stereocenters. The molecule has 4 rings (SSSR count). The Balaban J connectivity index is 1.54. The summed E-state index contributed by atoms with van der Waals surface area (Å²) in [5, 5.41) is 1.05. The van der Waals surface area contributed by atoms with Gasteiger partial charge in [-0.15, -0.1) is 0 Å². The van der Waals surface area contributed by atoms with E-state index in [0.29, 0.717) is 45.5 Å². The van der Waals surface area contributed by atoms with Gasteiger partial charge in [0.25, 0.3) is 11.8 Å². The number of nitrogens with one attached hydrogen (secondary N) is 2. The number of hydrogen-bond acceptors (Lipinski definition) is 5. The lowest BCUT2D eigenvalue weighted by atomic mass is 10.1. The normalized spacial score (nSPS) is 10.7. The van der Waals surface area contributed by atoms with Gasteiger partial charge in [-0.2, -0.15) is 0 Å². The second-order valence-corrected chi connectivity index (χ2v) is 7.25. The van der Waals surface area contributed by atoms with Gasteiger partial charge in [-0.25, -0.2) is 0 Å². The van der Waals surface area contributed by atoms with Gasteiger partial charge < -0.3 is 14.0 Å². The Morgan fingerprint density at radius 3 is 2.12 bits per heavy atom. The minimum Gasteiger partial charge on any atom is -0.493 e. The molecule has 0 radical (unpaired) electrons. The molecule has 0 saturated carbocycles. The number of carbonyl (C=O) groups excluding carboxylic acids is 2. The molecule has 8 heteroatoms. The first-order valence-corrected chi connectivity index (χ1v) is 10.4. The maximum atomic E-state index is 12.8. The first-order chi connectivity index (χ1) is 16.0. The first-order valence-electron chi connectivity index (χ1n) is 10.4. The Hall–Kier alpha value is -4.33. The number of hydrogen-bond donors (Lipinski definition) is 2. The number of benzene rings is 3. The molecule has 0 aliphatic carbocycles. The Morgan fingerprint density at radius 2 is 1.52 bits per heavy atom. The average Bonchev–Trinajstić information content (AvgIpc) is 2.85. The standard InChI is InChI=1S/C25H23N3O5/c1-3-33-21-13-12-16(14-22(21)32-2)25(31)27-26-23(29)15-28-19-10-6-4-8-17(19)24(30)18-9-5-7-11-20(18)28/h4-14H,3,15H2,1-2H3,(H,26,29)(H,27,31). The van der Waals surface area contributed by atoms with Gasteiger partial charge in [0.2, 0.25) is 0 Å². The summed E-state index contributed by atoms with van der Waals surface area (Å²) < 4.78 is 12.5. The summed E-state index contributed by atoms with van der Waals surface area (Å²) in [6.45, 7) is 2.23. The second-order valence-electron chi connectivity index (χ2n) is 7.25. The number of amides is 2. The van der Waals surface area contributed by atoms with E-state index in [1.807, 2.05) is 19.1 Å². The topological polar surface area (TPSA) is 98.7 Å². The monoisotopic (exact) mass is 445 g/mol. The van der Waals surface area contributed by atoms with Gasteiger partial charge in [0.1, 0.15) is 6.54 Å². The Labute approximate surface area is 189 Å². The van der Waals surface area contributed by atoms with Crippen LogP contribution in [0.25, 0.3) is 21.8 Å². The van der Waals surface area contributed by atoms with Crippen molar-refractivity contribution in [2.24, 2.45) is 0 Å². The smallest absolute Gasteiger partial charge is 0.269 e. The highest BCUT2D eigenvalue weighted by atomic mass is 16.5. The number of hydrazine groups is 1. The molecule has 4 aromatic rings. The third-order valence-corrected chi connectivity index (χ3v) is 5.22. The van der Waals surface area contributed by atoms with Crippen molar-refractivity contribution < 1.29 is 19.1 Å². The molecule has 0 aliphatic heterocycles. The van der Waals surface area contributed by atoms with E-state index in [0.717, 1.165) is 0 Å². The Morgan fingerprint density at radius 1 is 0.879 bits per heavy atom. The van der Waals surface area contributed by atoms with Gasteiger partial charge in [0, 0.05) is 16.3 Å². The summed E-state index contributed by atoms with van der Waals surface area (Å²) in [6, 6.07) is 19.0. The van der Waals surface area contributed by atoms with Gasteiger partial charge >= 0.3 is 0 Å². The van der Waals surface area contributed by atoms with E-state index < -0.39 is 11.8 Å².